The van der Waals surface area contributed by atoms with Crippen molar-refractivity contribution in [2.24, 2.45) is 16.1 Å². The Bertz CT molecular complexity index is 205. The predicted molar refractivity (Wildman–Crippen MR) is 88.1 cm³/mol. The molecule has 0 unspecified atom stereocenters. The molecular formula is C13H30IN3. The lowest BCUT2D eigenvalue weighted by molar-refractivity contribution is 0.361. The smallest absolute Gasteiger partial charge is 0.191 e. The fourth-order valence-electron chi connectivity index (χ4n) is 1.61. The van der Waals surface area contributed by atoms with Gasteiger partial charge in [-0.1, -0.05) is 27.2 Å². The number of hydrogen-bond acceptors (Lipinski definition) is 1. The van der Waals surface area contributed by atoms with Gasteiger partial charge in [0.15, 0.2) is 5.96 Å². The highest BCUT2D eigenvalue weighted by Gasteiger charge is 2.08. The largest absolute Gasteiger partial charge is 0.370 e. The van der Waals surface area contributed by atoms with Gasteiger partial charge in [0.25, 0.3) is 0 Å². The highest BCUT2D eigenvalue weighted by Crippen LogP contribution is 2.21. The van der Waals surface area contributed by atoms with Crippen molar-refractivity contribution < 1.29 is 0 Å². The number of guanidine groups is 1. The van der Waals surface area contributed by atoms with Crippen molar-refractivity contribution in [1.29, 1.82) is 0 Å². The van der Waals surface area contributed by atoms with Crippen LogP contribution in [0.15, 0.2) is 4.99 Å². The third-order valence-corrected chi connectivity index (χ3v) is 2.70. The summed E-state index contributed by atoms with van der Waals surface area (Å²) in [5.74, 6) is 0.695. The lowest BCUT2D eigenvalue weighted by Crippen LogP contribution is -2.37. The average molecular weight is 355 g/mol. The number of nitrogens with zero attached hydrogens (tertiary/aromatic N) is 2. The van der Waals surface area contributed by atoms with E-state index in [1.54, 1.807) is 0 Å². The number of aliphatic imine (C=N–C) groups is 1. The summed E-state index contributed by atoms with van der Waals surface area (Å²) in [4.78, 5) is 6.49. The van der Waals surface area contributed by atoms with E-state index in [2.05, 4.69) is 44.5 Å². The second-order valence-electron chi connectivity index (χ2n) is 5.43. The maximum atomic E-state index is 5.88. The lowest BCUT2D eigenvalue weighted by atomic mass is 9.90. The molecule has 4 heteroatoms. The minimum Gasteiger partial charge on any atom is -0.370 e. The number of halogens is 1. The Labute approximate surface area is 124 Å². The van der Waals surface area contributed by atoms with Gasteiger partial charge in [-0.05, 0) is 32.1 Å². The van der Waals surface area contributed by atoms with E-state index < -0.39 is 0 Å². The summed E-state index contributed by atoms with van der Waals surface area (Å²) in [5, 5.41) is 0. The van der Waals surface area contributed by atoms with Gasteiger partial charge in [0.05, 0.1) is 0 Å². The van der Waals surface area contributed by atoms with E-state index in [0.717, 1.165) is 26.1 Å². The monoisotopic (exact) mass is 355 g/mol. The zero-order valence-electron chi connectivity index (χ0n) is 12.1. The number of unbranched alkanes of at least 4 members (excludes halogenated alkanes) is 1. The van der Waals surface area contributed by atoms with E-state index >= 15 is 0 Å². The van der Waals surface area contributed by atoms with Gasteiger partial charge in [0.1, 0.15) is 0 Å². The molecule has 2 N–H and O–H groups in total. The first kappa shape index (κ1) is 19.3. The number of rotatable bonds is 6. The van der Waals surface area contributed by atoms with Crippen molar-refractivity contribution in [1.82, 2.24) is 4.90 Å². The zero-order chi connectivity index (χ0) is 12.6. The Balaban J connectivity index is 0. The molecule has 0 amide bonds. The van der Waals surface area contributed by atoms with Crippen LogP contribution in [0.1, 0.15) is 53.9 Å². The maximum absolute atomic E-state index is 5.88. The summed E-state index contributed by atoms with van der Waals surface area (Å²) in [6.07, 6.45) is 3.63. The number of hydrogen-bond donors (Lipinski definition) is 1. The van der Waals surface area contributed by atoms with Gasteiger partial charge in [-0.2, -0.15) is 0 Å². The van der Waals surface area contributed by atoms with Crippen LogP contribution in [0, 0.1) is 5.41 Å². The van der Waals surface area contributed by atoms with Gasteiger partial charge in [-0.25, -0.2) is 0 Å². The molecule has 0 bridgehead atoms. The van der Waals surface area contributed by atoms with E-state index in [4.69, 9.17) is 5.73 Å². The molecule has 17 heavy (non-hydrogen) atoms. The Kier molecular flexibility index (Phi) is 11.3. The lowest BCUT2D eigenvalue weighted by Gasteiger charge is -2.19. The van der Waals surface area contributed by atoms with E-state index in [-0.39, 0.29) is 24.0 Å². The molecule has 0 spiro atoms. The minimum absolute atomic E-state index is 0. The summed E-state index contributed by atoms with van der Waals surface area (Å²) < 4.78 is 0. The highest BCUT2D eigenvalue weighted by atomic mass is 127. The number of nitrogens with two attached hydrogens (primary N) is 1. The molecule has 0 atom stereocenters. The van der Waals surface area contributed by atoms with E-state index in [1.807, 2.05) is 0 Å². The SMILES string of the molecule is CCN(CC)C(N)=NCCCCC(C)(C)C.I. The highest BCUT2D eigenvalue weighted by molar-refractivity contribution is 14.0. The van der Waals surface area contributed by atoms with Crippen LogP contribution in [0.4, 0.5) is 0 Å². The quantitative estimate of drug-likeness (QED) is 0.343. The second-order valence-corrected chi connectivity index (χ2v) is 5.43. The molecule has 0 radical (unpaired) electrons. The van der Waals surface area contributed by atoms with Gasteiger partial charge >= 0.3 is 0 Å². The molecule has 0 saturated carbocycles. The second kappa shape index (κ2) is 9.97. The molecule has 0 aromatic carbocycles. The van der Waals surface area contributed by atoms with Crippen molar-refractivity contribution in [3.63, 3.8) is 0 Å². The van der Waals surface area contributed by atoms with Crippen LogP contribution in [-0.4, -0.2) is 30.5 Å². The van der Waals surface area contributed by atoms with Crippen LogP contribution < -0.4 is 5.73 Å². The van der Waals surface area contributed by atoms with Crippen LogP contribution >= 0.6 is 24.0 Å². The van der Waals surface area contributed by atoms with Gasteiger partial charge in [-0.3, -0.25) is 4.99 Å². The first-order valence-electron chi connectivity index (χ1n) is 6.45. The van der Waals surface area contributed by atoms with Gasteiger partial charge in [-0.15, -0.1) is 24.0 Å². The summed E-state index contributed by atoms with van der Waals surface area (Å²) in [6.45, 7) is 13.8. The van der Waals surface area contributed by atoms with Crippen LogP contribution in [-0.2, 0) is 0 Å². The van der Waals surface area contributed by atoms with Crippen LogP contribution in [0.2, 0.25) is 0 Å². The van der Waals surface area contributed by atoms with Crippen molar-refractivity contribution in [2.75, 3.05) is 19.6 Å². The Hall–Kier alpha value is 0. The fourth-order valence-corrected chi connectivity index (χ4v) is 1.61. The van der Waals surface area contributed by atoms with Crippen molar-refractivity contribution in [2.45, 2.75) is 53.9 Å². The van der Waals surface area contributed by atoms with Crippen molar-refractivity contribution >= 4 is 29.9 Å². The van der Waals surface area contributed by atoms with E-state index in [1.165, 1.54) is 12.8 Å². The Morgan fingerprint density at radius 2 is 1.65 bits per heavy atom. The van der Waals surface area contributed by atoms with Crippen molar-refractivity contribution in [3.05, 3.63) is 0 Å². The summed E-state index contributed by atoms with van der Waals surface area (Å²) in [6, 6.07) is 0. The Morgan fingerprint density at radius 1 is 1.12 bits per heavy atom. The summed E-state index contributed by atoms with van der Waals surface area (Å²) in [5.41, 5.74) is 6.32. The molecule has 0 aliphatic carbocycles. The van der Waals surface area contributed by atoms with E-state index in [9.17, 15) is 0 Å². The third-order valence-electron chi connectivity index (χ3n) is 2.70. The predicted octanol–water partition coefficient (Wildman–Crippen LogP) is 3.48. The first-order valence-corrected chi connectivity index (χ1v) is 6.45. The van der Waals surface area contributed by atoms with Crippen molar-refractivity contribution in [3.8, 4) is 0 Å². The summed E-state index contributed by atoms with van der Waals surface area (Å²) in [7, 11) is 0. The van der Waals surface area contributed by atoms with Gasteiger partial charge < -0.3 is 10.6 Å². The standard InChI is InChI=1S/C13H29N3.HI/c1-6-16(7-2)12(14)15-11-9-8-10-13(3,4)5;/h6-11H2,1-5H3,(H2,14,15);1H. The Morgan fingerprint density at radius 3 is 2.06 bits per heavy atom. The zero-order valence-corrected chi connectivity index (χ0v) is 14.5. The molecular weight excluding hydrogens is 325 g/mol. The third kappa shape index (κ3) is 10.9. The molecule has 0 aromatic rings. The van der Waals surface area contributed by atoms with Crippen LogP contribution in [0.3, 0.4) is 0 Å². The molecule has 0 fully saturated rings. The summed E-state index contributed by atoms with van der Waals surface area (Å²) >= 11 is 0. The fraction of sp³-hybridized carbons (Fsp3) is 0.923. The molecule has 0 aliphatic heterocycles. The topological polar surface area (TPSA) is 41.6 Å². The van der Waals surface area contributed by atoms with Gasteiger partial charge in [0, 0.05) is 19.6 Å². The maximum Gasteiger partial charge on any atom is 0.191 e. The van der Waals surface area contributed by atoms with Crippen LogP contribution in [0.5, 0.6) is 0 Å². The minimum atomic E-state index is 0. The molecule has 0 aliphatic rings. The molecule has 0 saturated heterocycles. The average Bonchev–Trinajstić information content (AvgIpc) is 2.17. The van der Waals surface area contributed by atoms with Gasteiger partial charge in [0.2, 0.25) is 0 Å². The van der Waals surface area contributed by atoms with Crippen LogP contribution in [0.25, 0.3) is 0 Å². The van der Waals surface area contributed by atoms with E-state index in [0.29, 0.717) is 11.4 Å². The molecule has 0 rings (SSSR count). The normalized spacial score (nSPS) is 12.2. The first-order chi connectivity index (χ1) is 7.40. The molecule has 0 heterocycles. The molecule has 104 valence electrons. The molecule has 0 aromatic heterocycles. The molecule has 3 nitrogen and oxygen atoms in total.